The van der Waals surface area contributed by atoms with Crippen LogP contribution in [0.15, 0.2) is 40.9 Å². The van der Waals surface area contributed by atoms with E-state index in [-0.39, 0.29) is 12.5 Å². The Labute approximate surface area is 160 Å². The summed E-state index contributed by atoms with van der Waals surface area (Å²) in [5.74, 6) is 1.04. The number of anilines is 1. The molecule has 7 heteroatoms. The van der Waals surface area contributed by atoms with Crippen molar-refractivity contribution in [2.24, 2.45) is 0 Å². The summed E-state index contributed by atoms with van der Waals surface area (Å²) in [6.45, 7) is 1.88. The van der Waals surface area contributed by atoms with Crippen molar-refractivity contribution in [2.75, 3.05) is 32.1 Å². The number of hydrogen-bond donors (Lipinski definition) is 1. The molecule has 1 N–H and O–H groups in total. The third-order valence-electron chi connectivity index (χ3n) is 3.72. The van der Waals surface area contributed by atoms with Gasteiger partial charge in [-0.1, -0.05) is 45.7 Å². The minimum atomic E-state index is -0.145. The third kappa shape index (κ3) is 4.66. The van der Waals surface area contributed by atoms with E-state index in [2.05, 4.69) is 21.2 Å². The summed E-state index contributed by atoms with van der Waals surface area (Å²) >= 11 is 9.74. The standard InChI is InChI=1S/C18H18BrClN2O3/c1-22(10-12-4-2-3-5-13(12)19)11-18(23)21-15-9-17-16(8-14(15)20)24-6-7-25-17/h2-5,8-9H,6-7,10-11H2,1H3,(H,21,23). The lowest BCUT2D eigenvalue weighted by molar-refractivity contribution is -0.117. The maximum absolute atomic E-state index is 12.3. The molecule has 1 aliphatic rings. The molecule has 0 saturated carbocycles. The van der Waals surface area contributed by atoms with Crippen molar-refractivity contribution in [3.63, 3.8) is 0 Å². The highest BCUT2D eigenvalue weighted by Crippen LogP contribution is 2.37. The van der Waals surface area contributed by atoms with Crippen molar-refractivity contribution in [1.82, 2.24) is 4.90 Å². The SMILES string of the molecule is CN(CC(=O)Nc1cc2c(cc1Cl)OCCO2)Cc1ccccc1Br. The van der Waals surface area contributed by atoms with Crippen LogP contribution >= 0.6 is 27.5 Å². The first kappa shape index (κ1) is 18.0. The number of likely N-dealkylation sites (N-methyl/N-ethyl adjacent to an activating group) is 1. The van der Waals surface area contributed by atoms with E-state index in [9.17, 15) is 4.79 Å². The van der Waals surface area contributed by atoms with E-state index >= 15 is 0 Å². The molecule has 0 saturated heterocycles. The van der Waals surface area contributed by atoms with E-state index in [0.717, 1.165) is 10.0 Å². The zero-order valence-electron chi connectivity index (χ0n) is 13.7. The molecule has 25 heavy (non-hydrogen) atoms. The fourth-order valence-corrected chi connectivity index (χ4v) is 3.18. The van der Waals surface area contributed by atoms with Gasteiger partial charge in [-0.25, -0.2) is 0 Å². The van der Waals surface area contributed by atoms with Gasteiger partial charge in [-0.05, 0) is 18.7 Å². The lowest BCUT2D eigenvalue weighted by atomic mass is 10.2. The summed E-state index contributed by atoms with van der Waals surface area (Å²) in [6.07, 6.45) is 0. The van der Waals surface area contributed by atoms with Crippen LogP contribution in [0.5, 0.6) is 11.5 Å². The summed E-state index contributed by atoms with van der Waals surface area (Å²) in [5.41, 5.74) is 1.64. The molecule has 2 aromatic rings. The predicted octanol–water partition coefficient (Wildman–Crippen LogP) is 3.94. The number of nitrogens with one attached hydrogen (secondary N) is 1. The Balaban J connectivity index is 1.61. The van der Waals surface area contributed by atoms with Gasteiger partial charge < -0.3 is 14.8 Å². The number of benzene rings is 2. The van der Waals surface area contributed by atoms with Crippen LogP contribution in [0.25, 0.3) is 0 Å². The second kappa shape index (κ2) is 8.08. The average Bonchev–Trinajstić information content (AvgIpc) is 2.57. The van der Waals surface area contributed by atoms with Crippen molar-refractivity contribution in [2.45, 2.75) is 6.54 Å². The Bertz CT molecular complexity index is 785. The molecule has 1 heterocycles. The number of fused-ring (bicyclic) bond motifs is 1. The summed E-state index contributed by atoms with van der Waals surface area (Å²) in [7, 11) is 1.89. The van der Waals surface area contributed by atoms with E-state index in [0.29, 0.717) is 42.0 Å². The molecule has 0 bridgehead atoms. The zero-order chi connectivity index (χ0) is 17.8. The number of amides is 1. The van der Waals surface area contributed by atoms with E-state index in [1.54, 1.807) is 12.1 Å². The van der Waals surface area contributed by atoms with Gasteiger partial charge in [0.1, 0.15) is 13.2 Å². The van der Waals surface area contributed by atoms with E-state index < -0.39 is 0 Å². The van der Waals surface area contributed by atoms with Gasteiger partial charge in [-0.3, -0.25) is 9.69 Å². The highest BCUT2D eigenvalue weighted by molar-refractivity contribution is 9.10. The monoisotopic (exact) mass is 424 g/mol. The molecule has 1 aliphatic heterocycles. The Hall–Kier alpha value is -1.76. The molecule has 0 radical (unpaired) electrons. The molecule has 3 rings (SSSR count). The smallest absolute Gasteiger partial charge is 0.238 e. The van der Waals surface area contributed by atoms with Gasteiger partial charge in [0.2, 0.25) is 5.91 Å². The lowest BCUT2D eigenvalue weighted by Gasteiger charge is -2.21. The number of carbonyl (C=O) groups excluding carboxylic acids is 1. The van der Waals surface area contributed by atoms with Gasteiger partial charge in [0.15, 0.2) is 11.5 Å². The largest absolute Gasteiger partial charge is 0.486 e. The van der Waals surface area contributed by atoms with Gasteiger partial charge in [0, 0.05) is 23.2 Å². The van der Waals surface area contributed by atoms with Crippen LogP contribution in [0.4, 0.5) is 5.69 Å². The molecule has 0 spiro atoms. The van der Waals surface area contributed by atoms with Crippen molar-refractivity contribution in [1.29, 1.82) is 0 Å². The topological polar surface area (TPSA) is 50.8 Å². The molecule has 0 aliphatic carbocycles. The van der Waals surface area contributed by atoms with Crippen molar-refractivity contribution in [3.05, 3.63) is 51.5 Å². The summed E-state index contributed by atoms with van der Waals surface area (Å²) in [6, 6.07) is 11.3. The van der Waals surface area contributed by atoms with Crippen molar-refractivity contribution >= 4 is 39.1 Å². The van der Waals surface area contributed by atoms with Gasteiger partial charge in [-0.15, -0.1) is 0 Å². The Morgan fingerprint density at radius 3 is 2.64 bits per heavy atom. The summed E-state index contributed by atoms with van der Waals surface area (Å²) in [4.78, 5) is 14.3. The number of nitrogens with zero attached hydrogens (tertiary/aromatic N) is 1. The highest BCUT2D eigenvalue weighted by Gasteiger charge is 2.17. The quantitative estimate of drug-likeness (QED) is 0.788. The summed E-state index contributed by atoms with van der Waals surface area (Å²) in [5, 5.41) is 3.25. The van der Waals surface area contributed by atoms with Gasteiger partial charge in [0.25, 0.3) is 0 Å². The lowest BCUT2D eigenvalue weighted by Crippen LogP contribution is -2.30. The maximum atomic E-state index is 12.3. The second-order valence-corrected chi connectivity index (χ2v) is 7.05. The molecular weight excluding hydrogens is 408 g/mol. The fraction of sp³-hybridized carbons (Fsp3) is 0.278. The molecule has 2 aromatic carbocycles. The first-order chi connectivity index (χ1) is 12.0. The fourth-order valence-electron chi connectivity index (χ4n) is 2.57. The number of ether oxygens (including phenoxy) is 2. The Kier molecular flexibility index (Phi) is 5.83. The number of rotatable bonds is 5. The Morgan fingerprint density at radius 1 is 1.24 bits per heavy atom. The first-order valence-electron chi connectivity index (χ1n) is 7.84. The van der Waals surface area contributed by atoms with Crippen LogP contribution in [-0.4, -0.2) is 37.6 Å². The minimum Gasteiger partial charge on any atom is -0.486 e. The van der Waals surface area contributed by atoms with E-state index in [4.69, 9.17) is 21.1 Å². The summed E-state index contributed by atoms with van der Waals surface area (Å²) < 4.78 is 12.0. The van der Waals surface area contributed by atoms with Crippen LogP contribution < -0.4 is 14.8 Å². The normalized spacial score (nSPS) is 13.0. The number of carbonyl (C=O) groups is 1. The maximum Gasteiger partial charge on any atom is 0.238 e. The van der Waals surface area contributed by atoms with Crippen LogP contribution in [0, 0.1) is 0 Å². The molecule has 0 atom stereocenters. The van der Waals surface area contributed by atoms with Crippen molar-refractivity contribution in [3.8, 4) is 11.5 Å². The van der Waals surface area contributed by atoms with E-state index in [1.807, 2.05) is 36.2 Å². The first-order valence-corrected chi connectivity index (χ1v) is 9.01. The van der Waals surface area contributed by atoms with Crippen LogP contribution in [0.2, 0.25) is 5.02 Å². The predicted molar refractivity (Wildman–Crippen MR) is 102 cm³/mol. The number of halogens is 2. The molecule has 0 fully saturated rings. The van der Waals surface area contributed by atoms with Crippen LogP contribution in [0.1, 0.15) is 5.56 Å². The molecule has 132 valence electrons. The average molecular weight is 426 g/mol. The molecule has 1 amide bonds. The minimum absolute atomic E-state index is 0.145. The van der Waals surface area contributed by atoms with Gasteiger partial charge >= 0.3 is 0 Å². The third-order valence-corrected chi connectivity index (χ3v) is 4.80. The van der Waals surface area contributed by atoms with Crippen LogP contribution in [0.3, 0.4) is 0 Å². The van der Waals surface area contributed by atoms with Crippen molar-refractivity contribution < 1.29 is 14.3 Å². The van der Waals surface area contributed by atoms with E-state index in [1.165, 1.54) is 0 Å². The Morgan fingerprint density at radius 2 is 1.92 bits per heavy atom. The molecule has 0 aromatic heterocycles. The number of hydrogen-bond acceptors (Lipinski definition) is 4. The van der Waals surface area contributed by atoms with Gasteiger partial charge in [0.05, 0.1) is 17.3 Å². The molecule has 0 unspecified atom stereocenters. The second-order valence-electron chi connectivity index (χ2n) is 5.79. The molecule has 5 nitrogen and oxygen atoms in total. The zero-order valence-corrected chi connectivity index (χ0v) is 16.1. The van der Waals surface area contributed by atoms with Crippen LogP contribution in [-0.2, 0) is 11.3 Å². The highest BCUT2D eigenvalue weighted by atomic mass is 79.9. The van der Waals surface area contributed by atoms with Gasteiger partial charge in [-0.2, -0.15) is 0 Å². The molecular formula is C18H18BrClN2O3.